The Hall–Kier alpha value is -0.810. The topological polar surface area (TPSA) is 44.0 Å². The summed E-state index contributed by atoms with van der Waals surface area (Å²) in [4.78, 5) is 0. The number of allylic oxidation sites excluding steroid dienone is 2. The van der Waals surface area contributed by atoms with Crippen molar-refractivity contribution in [3.63, 3.8) is 0 Å². The maximum Gasteiger partial charge on any atom is 0.156 e. The van der Waals surface area contributed by atoms with Gasteiger partial charge in [-0.2, -0.15) is 5.26 Å². The van der Waals surface area contributed by atoms with E-state index in [9.17, 15) is 10.4 Å². The predicted molar refractivity (Wildman–Crippen MR) is 86.9 cm³/mol. The van der Waals surface area contributed by atoms with E-state index >= 15 is 0 Å². The van der Waals surface area contributed by atoms with E-state index in [1.54, 1.807) is 5.57 Å². The van der Waals surface area contributed by atoms with Crippen LogP contribution in [0.15, 0.2) is 11.6 Å². The van der Waals surface area contributed by atoms with E-state index in [0.717, 1.165) is 18.8 Å². The normalized spacial score (nSPS) is 53.7. The molecule has 0 heterocycles. The van der Waals surface area contributed by atoms with Crippen LogP contribution in [0, 0.1) is 39.9 Å². The Morgan fingerprint density at radius 2 is 1.91 bits per heavy atom. The Kier molecular flexibility index (Phi) is 3.09. The lowest BCUT2D eigenvalue weighted by atomic mass is 9.47. The molecule has 0 unspecified atom stereocenters. The molecule has 6 atom stereocenters. The molecule has 0 aromatic carbocycles. The maximum absolute atomic E-state index is 10.9. The van der Waals surface area contributed by atoms with Gasteiger partial charge in [-0.25, -0.2) is 0 Å². The summed E-state index contributed by atoms with van der Waals surface area (Å²) in [6, 6.07) is 2.28. The highest BCUT2D eigenvalue weighted by atomic mass is 16.3. The fourth-order valence-electron chi connectivity index (χ4n) is 6.90. The van der Waals surface area contributed by atoms with Crippen molar-refractivity contribution >= 4 is 0 Å². The molecule has 4 rings (SSSR count). The summed E-state index contributed by atoms with van der Waals surface area (Å²) in [5.74, 6) is 2.01. The Morgan fingerprint density at radius 3 is 2.68 bits per heavy atom. The van der Waals surface area contributed by atoms with Gasteiger partial charge in [-0.15, -0.1) is 0 Å². The van der Waals surface area contributed by atoms with E-state index in [0.29, 0.717) is 23.7 Å². The Morgan fingerprint density at radius 1 is 1.14 bits per heavy atom. The van der Waals surface area contributed by atoms with Gasteiger partial charge in [-0.1, -0.05) is 31.9 Å². The van der Waals surface area contributed by atoms with Crippen molar-refractivity contribution in [3.8, 4) is 6.07 Å². The number of hydrogen-bond donors (Lipinski definition) is 1. The second-order valence-corrected chi connectivity index (χ2v) is 8.93. The Bertz CT molecular complexity index is 561. The van der Waals surface area contributed by atoms with Crippen LogP contribution in [0.5, 0.6) is 0 Å². The minimum atomic E-state index is -1.08. The minimum Gasteiger partial charge on any atom is -0.375 e. The summed E-state index contributed by atoms with van der Waals surface area (Å²) >= 11 is 0. The van der Waals surface area contributed by atoms with Gasteiger partial charge < -0.3 is 5.11 Å². The van der Waals surface area contributed by atoms with Gasteiger partial charge in [0.15, 0.2) is 5.60 Å². The zero-order chi connectivity index (χ0) is 15.6. The van der Waals surface area contributed by atoms with Gasteiger partial charge in [0.1, 0.15) is 0 Å². The molecule has 3 saturated carbocycles. The van der Waals surface area contributed by atoms with Crippen LogP contribution in [0.4, 0.5) is 0 Å². The van der Waals surface area contributed by atoms with Crippen molar-refractivity contribution in [2.75, 3.05) is 0 Å². The standard InChI is InChI=1S/C20H29NO/c1-18-10-4-3-5-14(18)6-7-15-16(18)8-11-19(2)17(15)9-12-20(19,22)13-21/h6,15-17,22H,3-5,7-12H2,1-2H3/t15-,16+,17+,18+,19+,20+/m1/s1. The first-order valence-corrected chi connectivity index (χ1v) is 9.28. The molecule has 120 valence electrons. The lowest BCUT2D eigenvalue weighted by molar-refractivity contribution is -0.0950. The van der Waals surface area contributed by atoms with Crippen molar-refractivity contribution < 1.29 is 5.11 Å². The van der Waals surface area contributed by atoms with Gasteiger partial charge >= 0.3 is 0 Å². The molecule has 0 bridgehead atoms. The number of rotatable bonds is 0. The van der Waals surface area contributed by atoms with E-state index in [-0.39, 0.29) is 5.41 Å². The first-order chi connectivity index (χ1) is 10.4. The van der Waals surface area contributed by atoms with Gasteiger partial charge in [-0.05, 0) is 74.5 Å². The van der Waals surface area contributed by atoms with Crippen LogP contribution in [0.2, 0.25) is 0 Å². The lowest BCUT2D eigenvalue weighted by Crippen LogP contribution is -2.53. The molecule has 22 heavy (non-hydrogen) atoms. The first-order valence-electron chi connectivity index (χ1n) is 9.28. The third-order valence-corrected chi connectivity index (χ3v) is 8.35. The van der Waals surface area contributed by atoms with E-state index in [1.165, 1.54) is 38.5 Å². The molecule has 0 spiro atoms. The summed E-state index contributed by atoms with van der Waals surface area (Å²) in [5.41, 5.74) is 0.882. The van der Waals surface area contributed by atoms with Crippen molar-refractivity contribution in [1.82, 2.24) is 0 Å². The van der Waals surface area contributed by atoms with Crippen molar-refractivity contribution in [2.24, 2.45) is 28.6 Å². The monoisotopic (exact) mass is 299 g/mol. The third-order valence-electron chi connectivity index (χ3n) is 8.35. The minimum absolute atomic E-state index is 0.181. The summed E-state index contributed by atoms with van der Waals surface area (Å²) in [5, 5.41) is 20.4. The quantitative estimate of drug-likeness (QED) is 0.525. The average Bonchev–Trinajstić information content (AvgIpc) is 2.79. The van der Waals surface area contributed by atoms with Gasteiger partial charge in [0, 0.05) is 5.41 Å². The van der Waals surface area contributed by atoms with Crippen molar-refractivity contribution in [1.29, 1.82) is 5.26 Å². The number of fused-ring (bicyclic) bond motifs is 5. The van der Waals surface area contributed by atoms with Crippen LogP contribution < -0.4 is 0 Å². The van der Waals surface area contributed by atoms with Gasteiger partial charge in [0.05, 0.1) is 6.07 Å². The van der Waals surface area contributed by atoms with Gasteiger partial charge in [0.25, 0.3) is 0 Å². The fourth-order valence-corrected chi connectivity index (χ4v) is 6.90. The highest BCUT2D eigenvalue weighted by Crippen LogP contribution is 2.66. The van der Waals surface area contributed by atoms with Gasteiger partial charge in [-0.3, -0.25) is 0 Å². The van der Waals surface area contributed by atoms with Crippen molar-refractivity contribution in [2.45, 2.75) is 77.2 Å². The van der Waals surface area contributed by atoms with Crippen LogP contribution in [-0.2, 0) is 0 Å². The molecule has 0 aliphatic heterocycles. The molecule has 2 heteroatoms. The summed E-state index contributed by atoms with van der Waals surface area (Å²) in [6.45, 7) is 4.72. The maximum atomic E-state index is 10.9. The van der Waals surface area contributed by atoms with Crippen molar-refractivity contribution in [3.05, 3.63) is 11.6 Å². The molecule has 0 amide bonds. The van der Waals surface area contributed by atoms with Crippen LogP contribution in [0.3, 0.4) is 0 Å². The molecule has 0 aromatic rings. The van der Waals surface area contributed by atoms with E-state index < -0.39 is 5.60 Å². The van der Waals surface area contributed by atoms with E-state index in [4.69, 9.17) is 0 Å². The molecular weight excluding hydrogens is 270 g/mol. The molecule has 2 nitrogen and oxygen atoms in total. The molecule has 0 aromatic heterocycles. The number of hydrogen-bond acceptors (Lipinski definition) is 2. The number of nitriles is 1. The summed E-state index contributed by atoms with van der Waals surface area (Å²) in [7, 11) is 0. The van der Waals surface area contributed by atoms with Crippen LogP contribution in [0.1, 0.15) is 71.6 Å². The van der Waals surface area contributed by atoms with E-state index in [1.807, 2.05) is 0 Å². The molecular formula is C20H29NO. The predicted octanol–water partition coefficient (Wildman–Crippen LogP) is 4.59. The van der Waals surface area contributed by atoms with Crippen LogP contribution in [-0.4, -0.2) is 10.7 Å². The molecule has 0 saturated heterocycles. The van der Waals surface area contributed by atoms with Crippen LogP contribution in [0.25, 0.3) is 0 Å². The molecule has 0 radical (unpaired) electrons. The molecule has 1 N–H and O–H groups in total. The first kappa shape index (κ1) is 14.8. The third kappa shape index (κ3) is 1.64. The SMILES string of the molecule is C[C@]12CCCCC1=CC[C@@H]1[C@@H]2CC[C@@]2(C)[C@H]1CC[C@]2(O)C#N. The molecule has 4 aliphatic rings. The van der Waals surface area contributed by atoms with Gasteiger partial charge in [0.2, 0.25) is 0 Å². The second kappa shape index (κ2) is 4.60. The Labute approximate surface area is 134 Å². The smallest absolute Gasteiger partial charge is 0.156 e. The van der Waals surface area contributed by atoms with Crippen LogP contribution >= 0.6 is 0 Å². The largest absolute Gasteiger partial charge is 0.375 e. The highest BCUT2D eigenvalue weighted by Gasteiger charge is 2.63. The zero-order valence-electron chi connectivity index (χ0n) is 14.1. The number of nitrogens with zero attached hydrogens (tertiary/aromatic N) is 1. The fraction of sp³-hybridized carbons (Fsp3) is 0.850. The summed E-state index contributed by atoms with van der Waals surface area (Å²) < 4.78 is 0. The summed E-state index contributed by atoms with van der Waals surface area (Å²) in [6.07, 6.45) is 13.1. The molecule has 4 aliphatic carbocycles. The van der Waals surface area contributed by atoms with E-state index in [2.05, 4.69) is 26.0 Å². The average molecular weight is 299 g/mol. The zero-order valence-corrected chi connectivity index (χ0v) is 14.1. The number of aliphatic hydroxyl groups is 1. The molecule has 3 fully saturated rings. The highest BCUT2D eigenvalue weighted by molar-refractivity contribution is 5.27. The Balaban J connectivity index is 1.71. The second-order valence-electron chi connectivity index (χ2n) is 8.93. The lowest BCUT2D eigenvalue weighted by Gasteiger charge is -2.57.